The van der Waals surface area contributed by atoms with Crippen molar-refractivity contribution in [1.82, 2.24) is 0 Å². The summed E-state index contributed by atoms with van der Waals surface area (Å²) in [6.07, 6.45) is 0. The first-order valence-corrected chi connectivity index (χ1v) is 4.77. The Hall–Kier alpha value is -1.31. The maximum absolute atomic E-state index is 10.4. The molecule has 0 aliphatic rings. The maximum atomic E-state index is 10.4. The van der Waals surface area contributed by atoms with Crippen molar-refractivity contribution >= 4 is 21.7 Å². The molecule has 0 heterocycles. The van der Waals surface area contributed by atoms with Crippen molar-refractivity contribution in [1.29, 1.82) is 0 Å². The third-order valence-corrected chi connectivity index (χ3v) is 1.79. The molecule has 1 rings (SSSR count). The Bertz CT molecular complexity index is 373. The first-order chi connectivity index (χ1) is 6.01. The van der Waals surface area contributed by atoms with Gasteiger partial charge in [-0.1, -0.05) is 0 Å². The minimum absolute atomic E-state index is 0.265. The van der Waals surface area contributed by atoms with E-state index in [0.717, 1.165) is 0 Å². The van der Waals surface area contributed by atoms with E-state index in [4.69, 9.17) is 10.4 Å². The lowest BCUT2D eigenvalue weighted by Gasteiger charge is -2.03. The molecule has 5 N–H and O–H groups in total. The summed E-state index contributed by atoms with van der Waals surface area (Å²) in [5.41, 5.74) is 3.28. The van der Waals surface area contributed by atoms with Gasteiger partial charge in [-0.15, -0.1) is 0 Å². The van der Waals surface area contributed by atoms with Crippen LogP contribution in [0.2, 0.25) is 0 Å². The first-order valence-electron chi connectivity index (χ1n) is 3.33. The second kappa shape index (κ2) is 3.60. The van der Waals surface area contributed by atoms with Gasteiger partial charge in [0.1, 0.15) is 0 Å². The summed E-state index contributed by atoms with van der Waals surface area (Å²) in [6, 6.07) is 6.05. The molecule has 0 fully saturated rings. The molecule has 1 aromatic carbocycles. The van der Waals surface area contributed by atoms with E-state index in [1.807, 2.05) is 4.72 Å². The number of nitrogens with two attached hydrogens (primary N) is 1. The van der Waals surface area contributed by atoms with Crippen LogP contribution in [0.3, 0.4) is 0 Å². The molecule has 0 radical (unpaired) electrons. The average molecular weight is 203 g/mol. The number of rotatable bonds is 3. The van der Waals surface area contributed by atoms with Crippen molar-refractivity contribution in [3.63, 3.8) is 0 Å². The number of hydrazine groups is 1. The summed E-state index contributed by atoms with van der Waals surface area (Å²) in [5.74, 6) is 5.09. The highest BCUT2D eigenvalue weighted by atomic mass is 32.2. The van der Waals surface area contributed by atoms with Crippen molar-refractivity contribution < 1.29 is 13.0 Å². The second-order valence-corrected chi connectivity index (χ2v) is 3.45. The standard InChI is InChI=1S/C6H9N3O3S/c7-8-5-1-3-6(4-2-5)9-13(10,11)12/h1-4,8-9H,7H2,(H,10,11,12). The maximum Gasteiger partial charge on any atom is 0.357 e. The topological polar surface area (TPSA) is 104 Å². The van der Waals surface area contributed by atoms with Gasteiger partial charge in [0.05, 0.1) is 5.69 Å². The highest BCUT2D eigenvalue weighted by Crippen LogP contribution is 2.12. The van der Waals surface area contributed by atoms with Gasteiger partial charge in [-0.3, -0.25) is 15.1 Å². The monoisotopic (exact) mass is 203 g/mol. The molecule has 6 nitrogen and oxygen atoms in total. The van der Waals surface area contributed by atoms with Gasteiger partial charge in [0.15, 0.2) is 0 Å². The third-order valence-electron chi connectivity index (χ3n) is 1.30. The Balaban J connectivity index is 2.81. The van der Waals surface area contributed by atoms with E-state index >= 15 is 0 Å². The Labute approximate surface area is 75.6 Å². The highest BCUT2D eigenvalue weighted by Gasteiger charge is 2.02. The quantitative estimate of drug-likeness (QED) is 0.319. The van der Waals surface area contributed by atoms with Crippen LogP contribution >= 0.6 is 0 Å². The van der Waals surface area contributed by atoms with E-state index < -0.39 is 10.3 Å². The fourth-order valence-corrected chi connectivity index (χ4v) is 1.22. The van der Waals surface area contributed by atoms with Crippen molar-refractivity contribution in [3.05, 3.63) is 24.3 Å². The molecular weight excluding hydrogens is 194 g/mol. The van der Waals surface area contributed by atoms with Gasteiger partial charge in [-0.2, -0.15) is 8.42 Å². The molecule has 0 spiro atoms. The normalized spacial score (nSPS) is 10.9. The van der Waals surface area contributed by atoms with Crippen LogP contribution in [0.5, 0.6) is 0 Å². The Morgan fingerprint density at radius 2 is 1.62 bits per heavy atom. The molecule has 7 heteroatoms. The fourth-order valence-electron chi connectivity index (χ4n) is 0.783. The van der Waals surface area contributed by atoms with E-state index in [1.165, 1.54) is 12.1 Å². The zero-order valence-corrected chi connectivity index (χ0v) is 7.38. The lowest BCUT2D eigenvalue weighted by Crippen LogP contribution is -2.10. The molecule has 72 valence electrons. The summed E-state index contributed by atoms with van der Waals surface area (Å²) in [7, 11) is -4.20. The number of benzene rings is 1. The van der Waals surface area contributed by atoms with Crippen LogP contribution in [0.1, 0.15) is 0 Å². The van der Waals surface area contributed by atoms with Gasteiger partial charge in [0.25, 0.3) is 0 Å². The van der Waals surface area contributed by atoms with E-state index in [2.05, 4.69) is 5.43 Å². The average Bonchev–Trinajstić information content (AvgIpc) is 2.03. The summed E-state index contributed by atoms with van der Waals surface area (Å²) < 4.78 is 31.0. The van der Waals surface area contributed by atoms with E-state index in [-0.39, 0.29) is 5.69 Å². The van der Waals surface area contributed by atoms with Crippen LogP contribution in [0.4, 0.5) is 11.4 Å². The van der Waals surface area contributed by atoms with Gasteiger partial charge in [-0.25, -0.2) is 0 Å². The summed E-state index contributed by atoms with van der Waals surface area (Å²) in [5, 5.41) is 0. The predicted molar refractivity (Wildman–Crippen MR) is 49.4 cm³/mol. The molecule has 0 aromatic heterocycles. The van der Waals surface area contributed by atoms with Gasteiger partial charge in [0, 0.05) is 5.69 Å². The van der Waals surface area contributed by atoms with Crippen molar-refractivity contribution in [3.8, 4) is 0 Å². The molecule has 1 aromatic rings. The number of nitrogens with one attached hydrogen (secondary N) is 2. The van der Waals surface area contributed by atoms with Crippen molar-refractivity contribution in [2.45, 2.75) is 0 Å². The molecule has 0 saturated carbocycles. The smallest absolute Gasteiger partial charge is 0.324 e. The van der Waals surface area contributed by atoms with Crippen LogP contribution in [0.25, 0.3) is 0 Å². The number of anilines is 2. The lowest BCUT2D eigenvalue weighted by atomic mass is 10.3. The van der Waals surface area contributed by atoms with E-state index in [9.17, 15) is 8.42 Å². The van der Waals surface area contributed by atoms with E-state index in [0.29, 0.717) is 5.69 Å². The van der Waals surface area contributed by atoms with Crippen molar-refractivity contribution in [2.75, 3.05) is 10.1 Å². The molecule has 0 unspecified atom stereocenters. The lowest BCUT2D eigenvalue weighted by molar-refractivity contribution is 0.490. The molecule has 0 aliphatic heterocycles. The van der Waals surface area contributed by atoms with E-state index in [1.54, 1.807) is 12.1 Å². The van der Waals surface area contributed by atoms with Crippen molar-refractivity contribution in [2.24, 2.45) is 5.84 Å². The Kier molecular flexibility index (Phi) is 2.71. The minimum atomic E-state index is -4.20. The van der Waals surface area contributed by atoms with Gasteiger partial charge in [-0.05, 0) is 24.3 Å². The molecule has 0 saturated heterocycles. The Morgan fingerprint density at radius 3 is 2.00 bits per heavy atom. The zero-order valence-electron chi connectivity index (χ0n) is 6.56. The Morgan fingerprint density at radius 1 is 1.15 bits per heavy atom. The summed E-state index contributed by atoms with van der Waals surface area (Å²) >= 11 is 0. The molecule has 13 heavy (non-hydrogen) atoms. The van der Waals surface area contributed by atoms with Gasteiger partial charge in [0.2, 0.25) is 0 Å². The van der Waals surface area contributed by atoms with Crippen LogP contribution in [-0.2, 0) is 10.3 Å². The highest BCUT2D eigenvalue weighted by molar-refractivity contribution is 7.87. The predicted octanol–water partition coefficient (Wildman–Crippen LogP) is 0.187. The van der Waals surface area contributed by atoms with Gasteiger partial charge >= 0.3 is 10.3 Å². The largest absolute Gasteiger partial charge is 0.357 e. The minimum Gasteiger partial charge on any atom is -0.324 e. The second-order valence-electron chi connectivity index (χ2n) is 2.30. The molecule has 0 atom stereocenters. The zero-order chi connectivity index (χ0) is 9.90. The van der Waals surface area contributed by atoms with Crippen LogP contribution in [-0.4, -0.2) is 13.0 Å². The first kappa shape index (κ1) is 9.78. The number of nitrogen functional groups attached to an aromatic ring is 1. The third kappa shape index (κ3) is 3.28. The SMILES string of the molecule is NNc1ccc(NS(=O)(=O)O)cc1. The summed E-state index contributed by atoms with van der Waals surface area (Å²) in [4.78, 5) is 0. The van der Waals surface area contributed by atoms with Crippen LogP contribution in [0, 0.1) is 0 Å². The summed E-state index contributed by atoms with van der Waals surface area (Å²) in [6.45, 7) is 0. The number of hydrogen-bond donors (Lipinski definition) is 4. The molecule has 0 bridgehead atoms. The molecule has 0 amide bonds. The van der Waals surface area contributed by atoms with Gasteiger partial charge < -0.3 is 5.43 Å². The fraction of sp³-hybridized carbons (Fsp3) is 0. The molecule has 0 aliphatic carbocycles. The van der Waals surface area contributed by atoms with Crippen LogP contribution in [0.15, 0.2) is 24.3 Å². The van der Waals surface area contributed by atoms with Crippen LogP contribution < -0.4 is 16.0 Å². The number of hydrogen-bond acceptors (Lipinski definition) is 4. The molecular formula is C6H9N3O3S.